The number of aliphatic imine (C=N–C) groups is 1. The first-order valence-corrected chi connectivity index (χ1v) is 10.8. The van der Waals surface area contributed by atoms with Crippen LogP contribution in [0.3, 0.4) is 0 Å². The van der Waals surface area contributed by atoms with E-state index in [1.807, 2.05) is 18.5 Å². The van der Waals surface area contributed by atoms with Crippen molar-refractivity contribution in [2.45, 2.75) is 52.5 Å². The molecule has 1 saturated heterocycles. The van der Waals surface area contributed by atoms with Gasteiger partial charge in [0.2, 0.25) is 0 Å². The first-order valence-electron chi connectivity index (χ1n) is 10.8. The summed E-state index contributed by atoms with van der Waals surface area (Å²) in [5.41, 5.74) is 0.327. The number of nitrogens with one attached hydrogen (secondary N) is 2. The predicted molar refractivity (Wildman–Crippen MR) is 111 cm³/mol. The summed E-state index contributed by atoms with van der Waals surface area (Å²) in [4.78, 5) is 7.34. The number of aryl methyl sites for hydroxylation is 1. The monoisotopic (exact) mass is 391 g/mol. The Kier molecular flexibility index (Phi) is 7.67. The smallest absolute Gasteiger partial charge is 0.191 e. The van der Waals surface area contributed by atoms with Crippen molar-refractivity contribution >= 4 is 5.96 Å². The summed E-state index contributed by atoms with van der Waals surface area (Å²) >= 11 is 0. The van der Waals surface area contributed by atoms with Crippen molar-refractivity contribution in [3.63, 3.8) is 0 Å². The molecule has 8 nitrogen and oxygen atoms in total. The maximum absolute atomic E-state index is 5.54. The summed E-state index contributed by atoms with van der Waals surface area (Å²) in [5, 5.41) is 15.4. The van der Waals surface area contributed by atoms with Gasteiger partial charge in [0.05, 0.1) is 13.2 Å². The van der Waals surface area contributed by atoms with Crippen molar-refractivity contribution in [3.05, 3.63) is 11.6 Å². The lowest BCUT2D eigenvalue weighted by Crippen LogP contribution is -2.51. The van der Waals surface area contributed by atoms with Crippen LogP contribution in [0, 0.1) is 12.3 Å². The molecule has 0 radical (unpaired) electrons. The largest absolute Gasteiger partial charge is 0.379 e. The molecule has 1 aliphatic carbocycles. The Morgan fingerprint density at radius 1 is 1.14 bits per heavy atom. The third kappa shape index (κ3) is 5.67. The van der Waals surface area contributed by atoms with Crippen LogP contribution in [0.2, 0.25) is 0 Å². The molecule has 2 fully saturated rings. The second kappa shape index (κ2) is 10.2. The summed E-state index contributed by atoms with van der Waals surface area (Å²) in [5.74, 6) is 2.67. The van der Waals surface area contributed by atoms with Gasteiger partial charge in [0.1, 0.15) is 12.4 Å². The Morgan fingerprint density at radius 2 is 1.89 bits per heavy atom. The van der Waals surface area contributed by atoms with Gasteiger partial charge in [-0.05, 0) is 26.7 Å². The van der Waals surface area contributed by atoms with Gasteiger partial charge in [-0.25, -0.2) is 4.99 Å². The molecule has 0 aromatic carbocycles. The van der Waals surface area contributed by atoms with Crippen molar-refractivity contribution in [3.8, 4) is 0 Å². The van der Waals surface area contributed by atoms with Crippen LogP contribution in [0.25, 0.3) is 0 Å². The van der Waals surface area contributed by atoms with E-state index in [2.05, 4.69) is 32.7 Å². The van der Waals surface area contributed by atoms with Crippen LogP contribution in [0.1, 0.15) is 50.7 Å². The molecule has 0 atom stereocenters. The van der Waals surface area contributed by atoms with E-state index in [0.717, 1.165) is 63.5 Å². The molecule has 0 bridgehead atoms. The molecular weight excluding hydrogens is 354 g/mol. The summed E-state index contributed by atoms with van der Waals surface area (Å²) < 4.78 is 7.53. The molecule has 158 valence electrons. The fourth-order valence-electron chi connectivity index (χ4n) is 4.28. The van der Waals surface area contributed by atoms with Gasteiger partial charge in [-0.2, -0.15) is 0 Å². The van der Waals surface area contributed by atoms with E-state index in [-0.39, 0.29) is 0 Å². The zero-order valence-corrected chi connectivity index (χ0v) is 17.8. The van der Waals surface area contributed by atoms with Crippen molar-refractivity contribution < 1.29 is 4.74 Å². The Bertz CT molecular complexity index is 630. The number of guanidine groups is 1. The van der Waals surface area contributed by atoms with Crippen LogP contribution >= 0.6 is 0 Å². The van der Waals surface area contributed by atoms with E-state index in [1.54, 1.807) is 0 Å². The number of rotatable bonds is 7. The number of nitrogens with zero attached hydrogens (tertiary/aromatic N) is 5. The lowest BCUT2D eigenvalue weighted by molar-refractivity contribution is 0.00820. The Balaban J connectivity index is 1.62. The number of ether oxygens (including phenoxy) is 1. The molecule has 2 aliphatic rings. The highest BCUT2D eigenvalue weighted by atomic mass is 16.5. The van der Waals surface area contributed by atoms with Crippen LogP contribution in [-0.2, 0) is 18.3 Å². The highest BCUT2D eigenvalue weighted by Crippen LogP contribution is 2.36. The van der Waals surface area contributed by atoms with Gasteiger partial charge in [0.15, 0.2) is 11.8 Å². The first kappa shape index (κ1) is 21.0. The van der Waals surface area contributed by atoms with Crippen molar-refractivity contribution in [1.29, 1.82) is 0 Å². The molecule has 0 unspecified atom stereocenters. The van der Waals surface area contributed by atoms with Crippen LogP contribution < -0.4 is 10.6 Å². The third-order valence-corrected chi connectivity index (χ3v) is 6.11. The van der Waals surface area contributed by atoms with Crippen LogP contribution in [0.15, 0.2) is 4.99 Å². The van der Waals surface area contributed by atoms with Gasteiger partial charge >= 0.3 is 0 Å². The lowest BCUT2D eigenvalue weighted by atomic mass is 9.73. The average molecular weight is 392 g/mol. The fourth-order valence-corrected chi connectivity index (χ4v) is 4.28. The van der Waals surface area contributed by atoms with E-state index >= 15 is 0 Å². The number of aromatic nitrogens is 3. The number of morpholine rings is 1. The maximum atomic E-state index is 5.54. The van der Waals surface area contributed by atoms with Gasteiger partial charge in [-0.3, -0.25) is 4.90 Å². The minimum Gasteiger partial charge on any atom is -0.379 e. The third-order valence-electron chi connectivity index (χ3n) is 6.11. The normalized spacial score (nSPS) is 20.9. The number of hydrogen-bond acceptors (Lipinski definition) is 5. The lowest BCUT2D eigenvalue weighted by Gasteiger charge is -2.42. The van der Waals surface area contributed by atoms with Gasteiger partial charge in [0.25, 0.3) is 0 Å². The molecular formula is C20H37N7O. The van der Waals surface area contributed by atoms with E-state index in [4.69, 9.17) is 9.73 Å². The van der Waals surface area contributed by atoms with E-state index in [9.17, 15) is 0 Å². The van der Waals surface area contributed by atoms with Gasteiger partial charge < -0.3 is 19.9 Å². The maximum Gasteiger partial charge on any atom is 0.191 e. The summed E-state index contributed by atoms with van der Waals surface area (Å²) in [7, 11) is 1.99. The summed E-state index contributed by atoms with van der Waals surface area (Å²) in [6.07, 6.45) is 6.61. The molecule has 0 spiro atoms. The molecule has 1 aromatic heterocycles. The van der Waals surface area contributed by atoms with Crippen LogP contribution in [-0.4, -0.2) is 71.6 Å². The van der Waals surface area contributed by atoms with Gasteiger partial charge in [0, 0.05) is 45.2 Å². The summed E-state index contributed by atoms with van der Waals surface area (Å²) in [6, 6.07) is 0. The summed E-state index contributed by atoms with van der Waals surface area (Å²) in [6.45, 7) is 11.4. The zero-order chi connectivity index (χ0) is 19.8. The predicted octanol–water partition coefficient (Wildman–Crippen LogP) is 1.46. The van der Waals surface area contributed by atoms with Gasteiger partial charge in [-0.1, -0.05) is 19.3 Å². The van der Waals surface area contributed by atoms with E-state index in [0.29, 0.717) is 12.0 Å². The second-order valence-corrected chi connectivity index (χ2v) is 8.22. The molecule has 28 heavy (non-hydrogen) atoms. The molecule has 2 N–H and O–H groups in total. The first-order chi connectivity index (χ1) is 13.6. The fraction of sp³-hybridized carbons (Fsp3) is 0.850. The molecule has 1 aliphatic heterocycles. The van der Waals surface area contributed by atoms with Crippen molar-refractivity contribution in [1.82, 2.24) is 30.3 Å². The van der Waals surface area contributed by atoms with Crippen LogP contribution in [0.4, 0.5) is 0 Å². The van der Waals surface area contributed by atoms with E-state index < -0.39 is 0 Å². The zero-order valence-electron chi connectivity index (χ0n) is 17.8. The van der Waals surface area contributed by atoms with Crippen molar-refractivity contribution in [2.75, 3.05) is 45.9 Å². The average Bonchev–Trinajstić information content (AvgIpc) is 3.04. The Morgan fingerprint density at radius 3 is 2.54 bits per heavy atom. The second-order valence-electron chi connectivity index (χ2n) is 8.22. The molecule has 1 aromatic rings. The molecule has 0 amide bonds. The number of hydrogen-bond donors (Lipinski definition) is 2. The van der Waals surface area contributed by atoms with Gasteiger partial charge in [-0.15, -0.1) is 10.2 Å². The molecule has 3 rings (SSSR count). The topological polar surface area (TPSA) is 79.6 Å². The molecule has 8 heteroatoms. The Hall–Kier alpha value is -1.67. The van der Waals surface area contributed by atoms with Crippen molar-refractivity contribution in [2.24, 2.45) is 17.5 Å². The minimum atomic E-state index is 0.327. The van der Waals surface area contributed by atoms with Crippen LogP contribution in [0.5, 0.6) is 0 Å². The SMILES string of the molecule is CCNC(=NCc1nnc(C)n1C)NCC1(CN2CCOCC2)CCCCC1. The van der Waals surface area contributed by atoms with E-state index in [1.165, 1.54) is 32.1 Å². The minimum absolute atomic E-state index is 0.327. The quantitative estimate of drug-likeness (QED) is 0.541. The highest BCUT2D eigenvalue weighted by Gasteiger charge is 2.34. The molecule has 2 heterocycles. The Labute approximate surface area is 169 Å². The standard InChI is InChI=1S/C20H37N7O/c1-4-21-19(22-14-18-25-24-17(2)26(18)3)23-15-20(8-6-5-7-9-20)16-27-10-12-28-13-11-27/h4-16H2,1-3H3,(H2,21,22,23). The highest BCUT2D eigenvalue weighted by molar-refractivity contribution is 5.79. The molecule has 1 saturated carbocycles.